The van der Waals surface area contributed by atoms with Gasteiger partial charge in [-0.25, -0.2) is 0 Å². The first kappa shape index (κ1) is 15.0. The zero-order valence-electron chi connectivity index (χ0n) is 11.6. The van der Waals surface area contributed by atoms with Crippen molar-refractivity contribution in [2.75, 3.05) is 13.2 Å². The molecule has 0 bridgehead atoms. The molecule has 1 saturated heterocycles. The standard InChI is InChI=1S/C13H23NO4/c1-5-17-12(15)10-7-11(13(16)18-6-2)9(4)14-8(10)3/h8-11,14H,5-7H2,1-4H3/p+1/t8-,9+,10-,11+. The van der Waals surface area contributed by atoms with Crippen LogP contribution < -0.4 is 5.32 Å². The fraction of sp³-hybridized carbons (Fsp3) is 0.846. The van der Waals surface area contributed by atoms with Crippen LogP contribution in [-0.2, 0) is 19.1 Å². The molecule has 5 nitrogen and oxygen atoms in total. The second-order valence-corrected chi connectivity index (χ2v) is 4.86. The van der Waals surface area contributed by atoms with E-state index in [2.05, 4.69) is 5.32 Å². The van der Waals surface area contributed by atoms with Crippen molar-refractivity contribution in [1.82, 2.24) is 0 Å². The van der Waals surface area contributed by atoms with Gasteiger partial charge in [0.15, 0.2) is 0 Å². The Morgan fingerprint density at radius 2 is 1.39 bits per heavy atom. The summed E-state index contributed by atoms with van der Waals surface area (Å²) in [5.41, 5.74) is 0. The van der Waals surface area contributed by atoms with Crippen molar-refractivity contribution in [2.45, 2.75) is 46.2 Å². The van der Waals surface area contributed by atoms with Gasteiger partial charge in [0.05, 0.1) is 25.3 Å². The number of piperidine rings is 1. The number of carbonyl (C=O) groups is 2. The van der Waals surface area contributed by atoms with Crippen molar-refractivity contribution in [3.8, 4) is 0 Å². The third-order valence-electron chi connectivity index (χ3n) is 3.56. The molecule has 0 saturated carbocycles. The van der Waals surface area contributed by atoms with Crippen LogP contribution in [0.15, 0.2) is 0 Å². The lowest BCUT2D eigenvalue weighted by Crippen LogP contribution is -2.99. The number of hydrogen-bond acceptors (Lipinski definition) is 4. The summed E-state index contributed by atoms with van der Waals surface area (Å²) in [5.74, 6) is -0.865. The smallest absolute Gasteiger partial charge is 0.314 e. The van der Waals surface area contributed by atoms with E-state index in [0.29, 0.717) is 19.6 Å². The molecule has 18 heavy (non-hydrogen) atoms. The summed E-state index contributed by atoms with van der Waals surface area (Å²) in [6.45, 7) is 8.34. The highest BCUT2D eigenvalue weighted by Gasteiger charge is 2.44. The Morgan fingerprint density at radius 3 is 1.72 bits per heavy atom. The summed E-state index contributed by atoms with van der Waals surface area (Å²) in [5, 5.41) is 2.06. The molecule has 0 spiro atoms. The topological polar surface area (TPSA) is 69.2 Å². The lowest BCUT2D eigenvalue weighted by Gasteiger charge is -2.34. The van der Waals surface area contributed by atoms with Gasteiger partial charge in [-0.15, -0.1) is 0 Å². The normalized spacial score (nSPS) is 31.8. The van der Waals surface area contributed by atoms with Crippen molar-refractivity contribution in [3.05, 3.63) is 0 Å². The Balaban J connectivity index is 2.71. The molecule has 1 rings (SSSR count). The fourth-order valence-corrected chi connectivity index (χ4v) is 2.57. The van der Waals surface area contributed by atoms with Crippen LogP contribution in [0.1, 0.15) is 34.1 Å². The number of nitrogens with two attached hydrogens (primary N) is 1. The summed E-state index contributed by atoms with van der Waals surface area (Å²) in [6.07, 6.45) is 0.524. The molecule has 1 aliphatic rings. The minimum atomic E-state index is -0.226. The van der Waals surface area contributed by atoms with Crippen LogP contribution in [-0.4, -0.2) is 37.2 Å². The Kier molecular flexibility index (Phi) is 5.59. The molecular formula is C13H24NO4+. The third kappa shape index (κ3) is 3.45. The lowest BCUT2D eigenvalue weighted by molar-refractivity contribution is -0.733. The average Bonchev–Trinajstić information content (AvgIpc) is 2.29. The molecule has 0 aromatic rings. The maximum atomic E-state index is 11.8. The first-order valence-electron chi connectivity index (χ1n) is 6.69. The predicted molar refractivity (Wildman–Crippen MR) is 65.7 cm³/mol. The van der Waals surface area contributed by atoms with Crippen molar-refractivity contribution in [1.29, 1.82) is 0 Å². The molecule has 1 heterocycles. The largest absolute Gasteiger partial charge is 0.466 e. The van der Waals surface area contributed by atoms with Crippen molar-refractivity contribution < 1.29 is 24.4 Å². The van der Waals surface area contributed by atoms with Gasteiger partial charge < -0.3 is 14.8 Å². The highest BCUT2D eigenvalue weighted by atomic mass is 16.5. The zero-order valence-corrected chi connectivity index (χ0v) is 11.6. The SMILES string of the molecule is CCOC(=O)[C@H]1C[C@@H](C(=O)OCC)[C@@H](C)[NH2+][C@H]1C. The molecule has 0 radical (unpaired) electrons. The molecule has 0 unspecified atom stereocenters. The summed E-state index contributed by atoms with van der Waals surface area (Å²) in [4.78, 5) is 23.7. The van der Waals surface area contributed by atoms with Gasteiger partial charge in [0.2, 0.25) is 0 Å². The van der Waals surface area contributed by atoms with Gasteiger partial charge in [0.25, 0.3) is 0 Å². The molecule has 0 aromatic carbocycles. The average molecular weight is 258 g/mol. The van der Waals surface area contributed by atoms with Crippen LogP contribution in [0.5, 0.6) is 0 Å². The minimum absolute atomic E-state index is 0.143. The molecule has 4 atom stereocenters. The first-order chi connectivity index (χ1) is 8.51. The van der Waals surface area contributed by atoms with Gasteiger partial charge >= 0.3 is 11.9 Å². The number of esters is 2. The Bertz CT molecular complexity index is 277. The van der Waals surface area contributed by atoms with Gasteiger partial charge in [0.1, 0.15) is 11.8 Å². The minimum Gasteiger partial charge on any atom is -0.466 e. The summed E-state index contributed by atoms with van der Waals surface area (Å²) in [6, 6.07) is 0.287. The Hall–Kier alpha value is -1.10. The van der Waals surface area contributed by atoms with E-state index in [0.717, 1.165) is 0 Å². The second kappa shape index (κ2) is 6.73. The van der Waals surface area contributed by atoms with Crippen molar-refractivity contribution in [2.24, 2.45) is 11.8 Å². The van der Waals surface area contributed by atoms with Crippen LogP contribution in [0.2, 0.25) is 0 Å². The van der Waals surface area contributed by atoms with Crippen LogP contribution >= 0.6 is 0 Å². The number of hydrogen-bond donors (Lipinski definition) is 1. The maximum Gasteiger partial charge on any atom is 0.314 e. The monoisotopic (exact) mass is 258 g/mol. The molecular weight excluding hydrogens is 234 g/mol. The Morgan fingerprint density at radius 1 is 1.00 bits per heavy atom. The molecule has 0 aliphatic carbocycles. The number of quaternary nitrogens is 1. The van der Waals surface area contributed by atoms with E-state index in [1.165, 1.54) is 0 Å². The molecule has 1 aliphatic heterocycles. The van der Waals surface area contributed by atoms with Crippen LogP contribution in [0.25, 0.3) is 0 Å². The first-order valence-corrected chi connectivity index (χ1v) is 6.69. The van der Waals surface area contributed by atoms with E-state index < -0.39 is 0 Å². The number of carbonyl (C=O) groups excluding carboxylic acids is 2. The summed E-state index contributed by atoms with van der Waals surface area (Å²) in [7, 11) is 0. The van der Waals surface area contributed by atoms with E-state index in [1.54, 1.807) is 13.8 Å². The van der Waals surface area contributed by atoms with E-state index in [-0.39, 0.29) is 35.9 Å². The predicted octanol–water partition coefficient (Wildman–Crippen LogP) is 0.0891. The molecule has 0 amide bonds. The molecule has 2 N–H and O–H groups in total. The summed E-state index contributed by atoms with van der Waals surface area (Å²) >= 11 is 0. The zero-order chi connectivity index (χ0) is 13.7. The number of ether oxygens (including phenoxy) is 2. The van der Waals surface area contributed by atoms with E-state index in [1.807, 2.05) is 13.8 Å². The van der Waals surface area contributed by atoms with Gasteiger partial charge in [-0.2, -0.15) is 0 Å². The van der Waals surface area contributed by atoms with E-state index in [4.69, 9.17) is 9.47 Å². The van der Waals surface area contributed by atoms with E-state index in [9.17, 15) is 9.59 Å². The molecule has 5 heteroatoms. The second-order valence-electron chi connectivity index (χ2n) is 4.86. The highest BCUT2D eigenvalue weighted by Crippen LogP contribution is 2.23. The fourth-order valence-electron chi connectivity index (χ4n) is 2.57. The van der Waals surface area contributed by atoms with Gasteiger partial charge in [-0.3, -0.25) is 9.59 Å². The quantitative estimate of drug-likeness (QED) is 0.726. The van der Waals surface area contributed by atoms with Crippen LogP contribution in [0.4, 0.5) is 0 Å². The van der Waals surface area contributed by atoms with Gasteiger partial charge in [0, 0.05) is 0 Å². The van der Waals surface area contributed by atoms with Crippen LogP contribution in [0, 0.1) is 11.8 Å². The summed E-state index contributed by atoms with van der Waals surface area (Å²) < 4.78 is 10.1. The number of rotatable bonds is 4. The third-order valence-corrected chi connectivity index (χ3v) is 3.56. The Labute approximate surface area is 108 Å². The lowest BCUT2D eigenvalue weighted by atomic mass is 9.81. The van der Waals surface area contributed by atoms with E-state index >= 15 is 0 Å². The molecule has 0 aromatic heterocycles. The van der Waals surface area contributed by atoms with Gasteiger partial charge in [-0.1, -0.05) is 0 Å². The molecule has 1 fully saturated rings. The maximum absolute atomic E-state index is 11.8. The highest BCUT2D eigenvalue weighted by molar-refractivity contribution is 5.77. The van der Waals surface area contributed by atoms with Gasteiger partial charge in [-0.05, 0) is 34.1 Å². The van der Waals surface area contributed by atoms with Crippen LogP contribution in [0.3, 0.4) is 0 Å². The molecule has 104 valence electrons. The van der Waals surface area contributed by atoms with Crippen molar-refractivity contribution in [3.63, 3.8) is 0 Å². The van der Waals surface area contributed by atoms with Crippen molar-refractivity contribution >= 4 is 11.9 Å².